The molecule has 1 unspecified atom stereocenters. The molecule has 0 saturated carbocycles. The number of aromatic nitrogens is 4. The Morgan fingerprint density at radius 3 is 1.06 bits per heavy atom. The molecule has 2 aromatic heterocycles. The predicted molar refractivity (Wildman–Crippen MR) is 253 cm³/mol. The molecule has 0 radical (unpaired) electrons. The number of esters is 2. The third-order valence-electron chi connectivity index (χ3n) is 12.0. The van der Waals surface area contributed by atoms with Crippen LogP contribution in [-0.2, 0) is 57.3 Å². The van der Waals surface area contributed by atoms with E-state index in [1.165, 1.54) is 28.4 Å². The number of benzene rings is 6. The summed E-state index contributed by atoms with van der Waals surface area (Å²) in [5, 5.41) is 9.38. The van der Waals surface area contributed by atoms with Crippen molar-refractivity contribution in [1.82, 2.24) is 19.1 Å². The number of rotatable bonds is 17. The van der Waals surface area contributed by atoms with Crippen molar-refractivity contribution in [3.63, 3.8) is 0 Å². The van der Waals surface area contributed by atoms with Gasteiger partial charge in [0, 0.05) is 39.5 Å². The molecule has 6 aromatic carbocycles. The molecule has 0 aliphatic heterocycles. The first-order valence-corrected chi connectivity index (χ1v) is 21.6. The van der Waals surface area contributed by atoms with Crippen LogP contribution in [0.2, 0.25) is 0 Å². The van der Waals surface area contributed by atoms with Crippen LogP contribution < -0.4 is 0 Å². The quantitative estimate of drug-likeness (QED) is 0.0538. The van der Waals surface area contributed by atoms with E-state index in [9.17, 15) is 19.5 Å². The maximum atomic E-state index is 12.7. The first-order chi connectivity index (χ1) is 32.7. The lowest BCUT2D eigenvalue weighted by Crippen LogP contribution is -2.51. The van der Waals surface area contributed by atoms with Crippen LogP contribution in [0.15, 0.2) is 207 Å². The van der Waals surface area contributed by atoms with E-state index in [-0.39, 0.29) is 12.8 Å². The molecular weight excluding hydrogens is 845 g/mol. The van der Waals surface area contributed by atoms with E-state index >= 15 is 0 Å². The van der Waals surface area contributed by atoms with Crippen molar-refractivity contribution >= 4 is 17.9 Å². The summed E-state index contributed by atoms with van der Waals surface area (Å²) >= 11 is 0. The number of carboxylic acid groups (broad SMARTS) is 1. The normalized spacial score (nSPS) is 12.0. The van der Waals surface area contributed by atoms with Gasteiger partial charge in [0.2, 0.25) is 0 Å². The van der Waals surface area contributed by atoms with Crippen molar-refractivity contribution in [3.05, 3.63) is 252 Å². The maximum absolute atomic E-state index is 12.7. The topological polar surface area (TPSA) is 144 Å². The molecule has 12 heteroatoms. The van der Waals surface area contributed by atoms with Crippen LogP contribution in [0.3, 0.4) is 0 Å². The minimum absolute atomic E-state index is 0.162. The molecule has 12 nitrogen and oxygen atoms in total. The highest BCUT2D eigenvalue weighted by atomic mass is 16.6. The van der Waals surface area contributed by atoms with Gasteiger partial charge in [-0.05, 0) is 33.4 Å². The monoisotopic (exact) mass is 896 g/mol. The molecule has 0 aliphatic rings. The number of hydrogen-bond donors (Lipinski definition) is 1. The van der Waals surface area contributed by atoms with Gasteiger partial charge in [-0.15, -0.1) is 0 Å². The van der Waals surface area contributed by atoms with Gasteiger partial charge < -0.3 is 33.2 Å². The molecule has 0 amide bonds. The van der Waals surface area contributed by atoms with Crippen molar-refractivity contribution < 1.29 is 38.4 Å². The van der Waals surface area contributed by atoms with Crippen molar-refractivity contribution in [2.75, 3.05) is 28.4 Å². The van der Waals surface area contributed by atoms with Gasteiger partial charge in [0.15, 0.2) is 6.10 Å². The smallest absolute Gasteiger partial charge is 0.350 e. The van der Waals surface area contributed by atoms with Gasteiger partial charge in [-0.1, -0.05) is 182 Å². The number of carboxylic acids is 1. The van der Waals surface area contributed by atoms with Crippen LogP contribution in [0.4, 0.5) is 0 Å². The molecule has 0 bridgehead atoms. The van der Waals surface area contributed by atoms with E-state index in [0.29, 0.717) is 11.4 Å². The minimum atomic E-state index is -1.97. The SMILES string of the molecule is COC(=O)C(Cc1cn(C(c2ccccc2)(c2ccccc2)c2ccccc2)cn1)(OC)C(=O)OC.COC(Cc1cn(C(c2ccccc2)(c2ccccc2)c2ccccc2)cn1)C(=O)O. The fraction of sp³-hybridized carbons (Fsp3) is 0.182. The molecule has 340 valence electrons. The number of nitrogens with zero attached hydrogens (tertiary/aromatic N) is 4. The van der Waals surface area contributed by atoms with Crippen LogP contribution in [-0.4, -0.2) is 82.3 Å². The maximum Gasteiger partial charge on any atom is 0.350 e. The van der Waals surface area contributed by atoms with Crippen molar-refractivity contribution in [2.45, 2.75) is 35.6 Å². The summed E-state index contributed by atoms with van der Waals surface area (Å²) in [6.45, 7) is 0. The molecule has 8 rings (SSSR count). The van der Waals surface area contributed by atoms with Gasteiger partial charge in [-0.2, -0.15) is 0 Å². The Balaban J connectivity index is 0.000000201. The highest BCUT2D eigenvalue weighted by Gasteiger charge is 2.50. The first-order valence-electron chi connectivity index (χ1n) is 21.6. The van der Waals surface area contributed by atoms with Crippen LogP contribution in [0.25, 0.3) is 0 Å². The summed E-state index contributed by atoms with van der Waals surface area (Å²) < 4.78 is 24.3. The molecule has 67 heavy (non-hydrogen) atoms. The lowest BCUT2D eigenvalue weighted by atomic mass is 9.76. The number of methoxy groups -OCH3 is 4. The van der Waals surface area contributed by atoms with E-state index in [4.69, 9.17) is 18.9 Å². The van der Waals surface area contributed by atoms with Gasteiger partial charge in [0.25, 0.3) is 5.60 Å². The molecule has 0 spiro atoms. The van der Waals surface area contributed by atoms with Crippen molar-refractivity contribution in [3.8, 4) is 0 Å². The molecule has 2 heterocycles. The largest absolute Gasteiger partial charge is 0.479 e. The summed E-state index contributed by atoms with van der Waals surface area (Å²) in [5.41, 5.74) is 4.00. The van der Waals surface area contributed by atoms with Gasteiger partial charge in [-0.25, -0.2) is 24.4 Å². The van der Waals surface area contributed by atoms with E-state index < -0.39 is 40.7 Å². The molecule has 0 fully saturated rings. The fourth-order valence-electron chi connectivity index (χ4n) is 8.77. The Morgan fingerprint density at radius 2 is 0.791 bits per heavy atom. The van der Waals surface area contributed by atoms with Crippen molar-refractivity contribution in [1.29, 1.82) is 0 Å². The number of aliphatic carboxylic acids is 1. The number of hydrogen-bond acceptors (Lipinski definition) is 9. The van der Waals surface area contributed by atoms with E-state index in [0.717, 1.165) is 33.4 Å². The zero-order valence-electron chi connectivity index (χ0n) is 37.7. The minimum Gasteiger partial charge on any atom is -0.479 e. The summed E-state index contributed by atoms with van der Waals surface area (Å²) in [6, 6.07) is 61.1. The summed E-state index contributed by atoms with van der Waals surface area (Å²) in [7, 11) is 5.07. The Kier molecular flexibility index (Phi) is 15.0. The van der Waals surface area contributed by atoms with Gasteiger partial charge >= 0.3 is 17.9 Å². The summed E-state index contributed by atoms with van der Waals surface area (Å²) in [5.74, 6) is -2.71. The number of carbonyl (C=O) groups excluding carboxylic acids is 2. The van der Waals surface area contributed by atoms with Crippen LogP contribution >= 0.6 is 0 Å². The average Bonchev–Trinajstić information content (AvgIpc) is 4.07. The van der Waals surface area contributed by atoms with Crippen LogP contribution in [0.5, 0.6) is 0 Å². The molecule has 0 aliphatic carbocycles. The number of ether oxygens (including phenoxy) is 4. The zero-order valence-corrected chi connectivity index (χ0v) is 37.7. The third-order valence-corrected chi connectivity index (χ3v) is 12.0. The first kappa shape index (κ1) is 47.0. The second kappa shape index (κ2) is 21.4. The van der Waals surface area contributed by atoms with Gasteiger partial charge in [-0.3, -0.25) is 0 Å². The van der Waals surface area contributed by atoms with Gasteiger partial charge in [0.05, 0.1) is 38.3 Å². The third kappa shape index (κ3) is 9.31. The fourth-order valence-corrected chi connectivity index (χ4v) is 8.77. The second-order valence-corrected chi connectivity index (χ2v) is 15.6. The highest BCUT2D eigenvalue weighted by Crippen LogP contribution is 2.42. The van der Waals surface area contributed by atoms with Crippen molar-refractivity contribution in [2.24, 2.45) is 0 Å². The molecular formula is C55H52N4O8. The molecule has 8 aromatic rings. The Labute approximate surface area is 390 Å². The van der Waals surface area contributed by atoms with Gasteiger partial charge in [0.1, 0.15) is 11.1 Å². The Hall–Kier alpha value is -7.93. The highest BCUT2D eigenvalue weighted by molar-refractivity contribution is 6.03. The predicted octanol–water partition coefficient (Wildman–Crippen LogP) is 8.36. The van der Waals surface area contributed by atoms with Crippen LogP contribution in [0, 0.1) is 0 Å². The Bertz CT molecular complexity index is 2610. The standard InChI is InChI=1S/C29H28N2O5.C26H24N2O3/c1-34-26(32)28(36-3,27(33)35-2)19-25-20-31(21-30-25)29(22-13-7-4-8-14-22,23-15-9-5-10-16-23)24-17-11-6-12-18-24;1-31-24(25(29)30)17-23-18-28(19-27-23)26(20-11-5-2-6-12-20,21-13-7-3-8-14-21)22-15-9-4-10-16-22/h4-18,20-21H,19H2,1-3H3;2-16,18-19,24H,17H2,1H3,(H,29,30). The Morgan fingerprint density at radius 1 is 0.493 bits per heavy atom. The average molecular weight is 897 g/mol. The lowest BCUT2D eigenvalue weighted by Gasteiger charge is -2.37. The number of carbonyl (C=O) groups is 3. The number of imidazole rings is 2. The summed E-state index contributed by atoms with van der Waals surface area (Å²) in [4.78, 5) is 45.9. The zero-order chi connectivity index (χ0) is 47.3. The molecule has 1 N–H and O–H groups in total. The second-order valence-electron chi connectivity index (χ2n) is 15.6. The summed E-state index contributed by atoms with van der Waals surface area (Å²) in [6.07, 6.45) is 6.31. The van der Waals surface area contributed by atoms with E-state index in [2.05, 4.69) is 87.3 Å². The van der Waals surface area contributed by atoms with E-state index in [1.807, 2.05) is 126 Å². The molecule has 0 saturated heterocycles. The van der Waals surface area contributed by atoms with Crippen LogP contribution in [0.1, 0.15) is 44.8 Å². The van der Waals surface area contributed by atoms with E-state index in [1.54, 1.807) is 12.7 Å². The molecule has 1 atom stereocenters. The lowest BCUT2D eigenvalue weighted by molar-refractivity contribution is -0.184.